The lowest BCUT2D eigenvalue weighted by Gasteiger charge is -2.23. The van der Waals surface area contributed by atoms with Crippen molar-refractivity contribution in [1.82, 2.24) is 4.31 Å². The molecular formula is C13H26N2O2S. The first-order valence-corrected chi connectivity index (χ1v) is 8.43. The fraction of sp³-hybridized carbons (Fsp3) is 0.923. The molecule has 18 heavy (non-hydrogen) atoms. The molecule has 0 saturated carbocycles. The predicted molar refractivity (Wildman–Crippen MR) is 74.6 cm³/mol. The van der Waals surface area contributed by atoms with E-state index in [-0.39, 0.29) is 0 Å². The van der Waals surface area contributed by atoms with E-state index in [1.54, 1.807) is 0 Å². The van der Waals surface area contributed by atoms with Crippen molar-refractivity contribution in [3.8, 4) is 6.07 Å². The van der Waals surface area contributed by atoms with E-state index in [9.17, 15) is 8.42 Å². The van der Waals surface area contributed by atoms with Gasteiger partial charge in [0.2, 0.25) is 10.0 Å². The molecule has 0 heterocycles. The Hall–Kier alpha value is -0.600. The van der Waals surface area contributed by atoms with Crippen LogP contribution in [0.15, 0.2) is 0 Å². The molecule has 0 aromatic heterocycles. The van der Waals surface area contributed by atoms with Crippen molar-refractivity contribution in [2.24, 2.45) is 0 Å². The summed E-state index contributed by atoms with van der Waals surface area (Å²) >= 11 is 0. The van der Waals surface area contributed by atoms with Crippen LogP contribution in [-0.4, -0.2) is 31.1 Å². The fourth-order valence-corrected chi connectivity index (χ4v) is 3.74. The number of hydrogen-bond donors (Lipinski definition) is 0. The zero-order chi connectivity index (χ0) is 14.0. The molecule has 0 rings (SSSR count). The fourth-order valence-electron chi connectivity index (χ4n) is 1.90. The van der Waals surface area contributed by atoms with Gasteiger partial charge in [0.15, 0.2) is 5.25 Å². The maximum absolute atomic E-state index is 12.3. The van der Waals surface area contributed by atoms with Crippen molar-refractivity contribution < 1.29 is 8.42 Å². The minimum atomic E-state index is -3.45. The Morgan fingerprint density at radius 3 is 2.00 bits per heavy atom. The second-order valence-corrected chi connectivity index (χ2v) is 6.67. The van der Waals surface area contributed by atoms with E-state index in [0.717, 1.165) is 32.1 Å². The largest absolute Gasteiger partial charge is 0.230 e. The third-order valence-electron chi connectivity index (χ3n) is 2.88. The van der Waals surface area contributed by atoms with E-state index in [4.69, 9.17) is 5.26 Å². The third-order valence-corrected chi connectivity index (χ3v) is 5.02. The van der Waals surface area contributed by atoms with Gasteiger partial charge in [0, 0.05) is 13.1 Å². The van der Waals surface area contributed by atoms with Crippen molar-refractivity contribution in [2.75, 3.05) is 13.1 Å². The molecule has 1 unspecified atom stereocenters. The van der Waals surface area contributed by atoms with Crippen LogP contribution in [0.4, 0.5) is 0 Å². The van der Waals surface area contributed by atoms with Gasteiger partial charge < -0.3 is 0 Å². The average molecular weight is 274 g/mol. The number of rotatable bonds is 10. The molecule has 4 nitrogen and oxygen atoms in total. The second-order valence-electron chi connectivity index (χ2n) is 4.56. The Balaban J connectivity index is 4.76. The van der Waals surface area contributed by atoms with Crippen molar-refractivity contribution in [1.29, 1.82) is 5.26 Å². The summed E-state index contributed by atoms with van der Waals surface area (Å²) in [5.41, 5.74) is 0. The Kier molecular flexibility index (Phi) is 9.03. The molecule has 0 aliphatic carbocycles. The van der Waals surface area contributed by atoms with Gasteiger partial charge in [-0.15, -0.1) is 0 Å². The van der Waals surface area contributed by atoms with Gasteiger partial charge in [-0.25, -0.2) is 12.7 Å². The van der Waals surface area contributed by atoms with Crippen LogP contribution < -0.4 is 0 Å². The van der Waals surface area contributed by atoms with Crippen LogP contribution >= 0.6 is 0 Å². The van der Waals surface area contributed by atoms with Gasteiger partial charge in [0.25, 0.3) is 0 Å². The molecule has 0 radical (unpaired) electrons. The summed E-state index contributed by atoms with van der Waals surface area (Å²) in [6.07, 6.45) is 4.84. The Morgan fingerprint density at radius 1 is 1.06 bits per heavy atom. The lowest BCUT2D eigenvalue weighted by molar-refractivity contribution is 0.404. The first-order chi connectivity index (χ1) is 8.54. The van der Waals surface area contributed by atoms with Crippen molar-refractivity contribution >= 4 is 10.0 Å². The molecule has 5 heteroatoms. The second kappa shape index (κ2) is 9.35. The van der Waals surface area contributed by atoms with Crippen molar-refractivity contribution in [2.45, 2.75) is 64.5 Å². The standard InChI is InChI=1S/C13H26N2O2S/c1-4-7-8-9-13(12-14)18(16,17)15(10-5-2)11-6-3/h13H,4-11H2,1-3H3. The molecule has 106 valence electrons. The van der Waals surface area contributed by atoms with Crippen LogP contribution in [0.5, 0.6) is 0 Å². The van der Waals surface area contributed by atoms with Crippen LogP contribution in [0.25, 0.3) is 0 Å². The van der Waals surface area contributed by atoms with Gasteiger partial charge in [0.1, 0.15) is 0 Å². The lowest BCUT2D eigenvalue weighted by atomic mass is 10.2. The van der Waals surface area contributed by atoms with E-state index in [1.165, 1.54) is 4.31 Å². The molecule has 0 amide bonds. The molecule has 0 aliphatic rings. The number of nitriles is 1. The quantitative estimate of drug-likeness (QED) is 0.575. The first-order valence-electron chi connectivity index (χ1n) is 6.93. The molecule has 0 aromatic carbocycles. The van der Waals surface area contributed by atoms with Gasteiger partial charge in [-0.05, 0) is 19.3 Å². The summed E-state index contributed by atoms with van der Waals surface area (Å²) in [5.74, 6) is 0. The number of nitrogens with zero attached hydrogens (tertiary/aromatic N) is 2. The van der Waals surface area contributed by atoms with E-state index in [2.05, 4.69) is 6.92 Å². The van der Waals surface area contributed by atoms with E-state index >= 15 is 0 Å². The van der Waals surface area contributed by atoms with Crippen LogP contribution in [0.2, 0.25) is 0 Å². The number of sulfonamides is 1. The molecule has 0 aliphatic heterocycles. The molecule has 0 bridgehead atoms. The van der Waals surface area contributed by atoms with Crippen LogP contribution in [-0.2, 0) is 10.0 Å². The zero-order valence-electron chi connectivity index (χ0n) is 11.9. The van der Waals surface area contributed by atoms with Crippen molar-refractivity contribution in [3.05, 3.63) is 0 Å². The summed E-state index contributed by atoms with van der Waals surface area (Å²) in [7, 11) is -3.45. The number of hydrogen-bond acceptors (Lipinski definition) is 3. The predicted octanol–water partition coefficient (Wildman–Crippen LogP) is 2.91. The van der Waals surface area contributed by atoms with E-state index in [0.29, 0.717) is 19.5 Å². The monoisotopic (exact) mass is 274 g/mol. The smallest absolute Gasteiger partial charge is 0.211 e. The Bertz CT molecular complexity index is 340. The minimum Gasteiger partial charge on any atom is -0.211 e. The van der Waals surface area contributed by atoms with E-state index < -0.39 is 15.3 Å². The molecular weight excluding hydrogens is 248 g/mol. The van der Waals surface area contributed by atoms with Crippen LogP contribution in [0.1, 0.15) is 59.3 Å². The highest BCUT2D eigenvalue weighted by molar-refractivity contribution is 7.90. The van der Waals surface area contributed by atoms with Gasteiger partial charge in [-0.3, -0.25) is 0 Å². The van der Waals surface area contributed by atoms with Gasteiger partial charge in [-0.2, -0.15) is 5.26 Å². The highest BCUT2D eigenvalue weighted by Crippen LogP contribution is 2.16. The number of unbranched alkanes of at least 4 members (excludes halogenated alkanes) is 2. The Labute approximate surface area is 112 Å². The molecule has 1 atom stereocenters. The molecule has 0 N–H and O–H groups in total. The molecule has 0 spiro atoms. The average Bonchev–Trinajstić information content (AvgIpc) is 2.34. The highest BCUT2D eigenvalue weighted by Gasteiger charge is 2.30. The maximum Gasteiger partial charge on any atom is 0.230 e. The SMILES string of the molecule is CCCCCC(C#N)S(=O)(=O)N(CCC)CCC. The summed E-state index contributed by atoms with van der Waals surface area (Å²) in [4.78, 5) is 0. The molecule has 0 aromatic rings. The maximum atomic E-state index is 12.3. The normalized spacial score (nSPS) is 13.5. The highest BCUT2D eigenvalue weighted by atomic mass is 32.2. The van der Waals surface area contributed by atoms with Crippen LogP contribution in [0, 0.1) is 11.3 Å². The molecule has 0 fully saturated rings. The molecule has 0 saturated heterocycles. The first kappa shape index (κ1) is 17.4. The van der Waals surface area contributed by atoms with Crippen LogP contribution in [0.3, 0.4) is 0 Å². The summed E-state index contributed by atoms with van der Waals surface area (Å²) in [6.45, 7) is 7.01. The zero-order valence-corrected chi connectivity index (χ0v) is 12.7. The Morgan fingerprint density at radius 2 is 1.61 bits per heavy atom. The summed E-state index contributed by atoms with van der Waals surface area (Å²) < 4.78 is 26.2. The van der Waals surface area contributed by atoms with Gasteiger partial charge in [-0.1, -0.05) is 40.0 Å². The summed E-state index contributed by atoms with van der Waals surface area (Å²) in [5, 5.41) is 8.22. The minimum absolute atomic E-state index is 0.455. The van der Waals surface area contributed by atoms with Gasteiger partial charge >= 0.3 is 0 Å². The third kappa shape index (κ3) is 5.36. The van der Waals surface area contributed by atoms with E-state index in [1.807, 2.05) is 19.9 Å². The topological polar surface area (TPSA) is 61.2 Å². The van der Waals surface area contributed by atoms with Gasteiger partial charge in [0.05, 0.1) is 6.07 Å². The van der Waals surface area contributed by atoms with Crippen molar-refractivity contribution in [3.63, 3.8) is 0 Å². The lowest BCUT2D eigenvalue weighted by Crippen LogP contribution is -2.39. The summed E-state index contributed by atoms with van der Waals surface area (Å²) in [6, 6.07) is 1.97.